The first-order valence-electron chi connectivity index (χ1n) is 8.87. The fraction of sp³-hybridized carbons (Fsp3) is 0.182. The molecule has 0 fully saturated rings. The van der Waals surface area contributed by atoms with E-state index in [4.69, 9.17) is 9.47 Å². The second-order valence-electron chi connectivity index (χ2n) is 6.27. The van der Waals surface area contributed by atoms with Gasteiger partial charge in [0.15, 0.2) is 0 Å². The zero-order valence-corrected chi connectivity index (χ0v) is 16.1. The van der Waals surface area contributed by atoms with Crippen LogP contribution in [0.1, 0.15) is 17.2 Å². The zero-order valence-electron chi connectivity index (χ0n) is 16.1. The summed E-state index contributed by atoms with van der Waals surface area (Å²) < 4.78 is 10.5. The van der Waals surface area contributed by atoms with E-state index in [-0.39, 0.29) is 5.91 Å². The van der Waals surface area contributed by atoms with E-state index in [2.05, 4.69) is 15.6 Å². The first kappa shape index (κ1) is 19.2. The van der Waals surface area contributed by atoms with Crippen molar-refractivity contribution in [3.63, 3.8) is 0 Å². The van der Waals surface area contributed by atoms with Crippen LogP contribution in [0.3, 0.4) is 0 Å². The van der Waals surface area contributed by atoms with Gasteiger partial charge in [-0.25, -0.2) is 4.98 Å². The van der Waals surface area contributed by atoms with Crippen molar-refractivity contribution < 1.29 is 14.3 Å². The van der Waals surface area contributed by atoms with Gasteiger partial charge < -0.3 is 20.1 Å². The summed E-state index contributed by atoms with van der Waals surface area (Å²) in [5.41, 5.74) is 3.20. The highest BCUT2D eigenvalue weighted by Gasteiger charge is 2.22. The molecule has 0 aliphatic heterocycles. The number of carbonyl (C=O) groups is 1. The predicted octanol–water partition coefficient (Wildman–Crippen LogP) is 4.20. The molecule has 1 heterocycles. The van der Waals surface area contributed by atoms with Crippen LogP contribution in [0.2, 0.25) is 0 Å². The van der Waals surface area contributed by atoms with Gasteiger partial charge in [-0.3, -0.25) is 4.79 Å². The number of hydrogen-bond acceptors (Lipinski definition) is 5. The summed E-state index contributed by atoms with van der Waals surface area (Å²) in [6, 6.07) is 18.1. The third kappa shape index (κ3) is 4.59. The number of amides is 1. The predicted molar refractivity (Wildman–Crippen MR) is 110 cm³/mol. The van der Waals surface area contributed by atoms with Crippen LogP contribution in [0.15, 0.2) is 66.9 Å². The summed E-state index contributed by atoms with van der Waals surface area (Å²) >= 11 is 0. The third-order valence-corrected chi connectivity index (χ3v) is 4.26. The molecule has 0 bridgehead atoms. The highest BCUT2D eigenvalue weighted by Crippen LogP contribution is 2.28. The van der Waals surface area contributed by atoms with E-state index >= 15 is 0 Å². The Balaban J connectivity index is 1.88. The molecule has 0 saturated carbocycles. The van der Waals surface area contributed by atoms with E-state index in [0.717, 1.165) is 11.1 Å². The standard InChI is InChI=1S/C22H23N3O3/c1-15-9-11-19(27-2)18(13-15)25-22(26)21(16-7-5-4-6-8-16)24-17-10-12-20(28-3)23-14-17/h4-14,21,24H,1-3H3,(H,25,26). The number of aromatic nitrogens is 1. The highest BCUT2D eigenvalue weighted by molar-refractivity contribution is 5.98. The number of nitrogens with zero attached hydrogens (tertiary/aromatic N) is 1. The number of anilines is 2. The molecule has 6 heteroatoms. The van der Waals surface area contributed by atoms with Crippen LogP contribution in [0.4, 0.5) is 11.4 Å². The molecular formula is C22H23N3O3. The van der Waals surface area contributed by atoms with Crippen LogP contribution in [-0.2, 0) is 4.79 Å². The molecule has 1 amide bonds. The average Bonchev–Trinajstić information content (AvgIpc) is 2.73. The van der Waals surface area contributed by atoms with Gasteiger partial charge in [0, 0.05) is 6.07 Å². The lowest BCUT2D eigenvalue weighted by Gasteiger charge is -2.21. The Kier molecular flexibility index (Phi) is 6.11. The molecule has 0 aliphatic rings. The van der Waals surface area contributed by atoms with Crippen molar-refractivity contribution in [1.29, 1.82) is 0 Å². The SMILES string of the molecule is COc1ccc(NC(C(=O)Nc2cc(C)ccc2OC)c2ccccc2)cn1. The van der Waals surface area contributed by atoms with Gasteiger partial charge in [0.25, 0.3) is 5.91 Å². The van der Waals surface area contributed by atoms with Crippen molar-refractivity contribution in [1.82, 2.24) is 4.98 Å². The van der Waals surface area contributed by atoms with E-state index < -0.39 is 6.04 Å². The van der Waals surface area contributed by atoms with Gasteiger partial charge in [0.1, 0.15) is 11.8 Å². The number of ether oxygens (including phenoxy) is 2. The van der Waals surface area contributed by atoms with E-state index in [0.29, 0.717) is 23.0 Å². The Bertz CT molecular complexity index is 928. The van der Waals surface area contributed by atoms with Crippen LogP contribution < -0.4 is 20.1 Å². The Morgan fingerprint density at radius 1 is 1.00 bits per heavy atom. The Hall–Kier alpha value is -3.54. The average molecular weight is 377 g/mol. The Morgan fingerprint density at radius 2 is 1.79 bits per heavy atom. The minimum absolute atomic E-state index is 0.203. The molecular weight excluding hydrogens is 354 g/mol. The number of aryl methyl sites for hydroxylation is 1. The number of rotatable bonds is 7. The minimum atomic E-state index is -0.610. The second kappa shape index (κ2) is 8.90. The van der Waals surface area contributed by atoms with Gasteiger partial charge >= 0.3 is 0 Å². The third-order valence-electron chi connectivity index (χ3n) is 4.26. The van der Waals surface area contributed by atoms with Gasteiger partial charge in [0.2, 0.25) is 5.88 Å². The minimum Gasteiger partial charge on any atom is -0.495 e. The molecule has 3 aromatic rings. The number of carbonyl (C=O) groups excluding carboxylic acids is 1. The summed E-state index contributed by atoms with van der Waals surface area (Å²) in [5.74, 6) is 0.915. The smallest absolute Gasteiger partial charge is 0.251 e. The number of nitrogens with one attached hydrogen (secondary N) is 2. The summed E-state index contributed by atoms with van der Waals surface area (Å²) in [6.45, 7) is 1.96. The quantitative estimate of drug-likeness (QED) is 0.646. The molecule has 0 aliphatic carbocycles. The fourth-order valence-electron chi connectivity index (χ4n) is 2.82. The molecule has 1 unspecified atom stereocenters. The lowest BCUT2D eigenvalue weighted by atomic mass is 10.1. The van der Waals surface area contributed by atoms with Gasteiger partial charge in [-0.1, -0.05) is 36.4 Å². The lowest BCUT2D eigenvalue weighted by Crippen LogP contribution is -2.27. The van der Waals surface area contributed by atoms with E-state index in [1.807, 2.05) is 61.5 Å². The maximum absolute atomic E-state index is 13.1. The molecule has 0 radical (unpaired) electrons. The van der Waals surface area contributed by atoms with Crippen LogP contribution in [0.25, 0.3) is 0 Å². The Labute approximate surface area is 164 Å². The van der Waals surface area contributed by atoms with Crippen molar-refractivity contribution in [3.8, 4) is 11.6 Å². The number of methoxy groups -OCH3 is 2. The normalized spacial score (nSPS) is 11.4. The number of hydrogen-bond donors (Lipinski definition) is 2. The van der Waals surface area contributed by atoms with Crippen molar-refractivity contribution >= 4 is 17.3 Å². The van der Waals surface area contributed by atoms with Crippen molar-refractivity contribution in [3.05, 3.63) is 78.0 Å². The second-order valence-corrected chi connectivity index (χ2v) is 6.27. The maximum Gasteiger partial charge on any atom is 0.251 e. The first-order chi connectivity index (χ1) is 13.6. The Morgan fingerprint density at radius 3 is 2.43 bits per heavy atom. The summed E-state index contributed by atoms with van der Waals surface area (Å²) in [6.07, 6.45) is 1.63. The molecule has 0 spiro atoms. The van der Waals surface area contributed by atoms with E-state index in [1.165, 1.54) is 0 Å². The van der Waals surface area contributed by atoms with Gasteiger partial charge in [0.05, 0.1) is 31.8 Å². The molecule has 3 rings (SSSR count). The van der Waals surface area contributed by atoms with Gasteiger partial charge in [-0.05, 0) is 36.2 Å². The van der Waals surface area contributed by atoms with Crippen molar-refractivity contribution in [2.75, 3.05) is 24.9 Å². The summed E-state index contributed by atoms with van der Waals surface area (Å²) in [7, 11) is 3.14. The monoisotopic (exact) mass is 377 g/mol. The van der Waals surface area contributed by atoms with Gasteiger partial charge in [-0.15, -0.1) is 0 Å². The van der Waals surface area contributed by atoms with Crippen LogP contribution >= 0.6 is 0 Å². The summed E-state index contributed by atoms with van der Waals surface area (Å²) in [5, 5.41) is 6.22. The topological polar surface area (TPSA) is 72.5 Å². The molecule has 6 nitrogen and oxygen atoms in total. The molecule has 28 heavy (non-hydrogen) atoms. The zero-order chi connectivity index (χ0) is 19.9. The largest absolute Gasteiger partial charge is 0.495 e. The molecule has 144 valence electrons. The molecule has 0 saturated heterocycles. The molecule has 2 N–H and O–H groups in total. The lowest BCUT2D eigenvalue weighted by molar-refractivity contribution is -0.117. The number of benzene rings is 2. The van der Waals surface area contributed by atoms with E-state index in [1.54, 1.807) is 26.5 Å². The molecule has 1 aromatic heterocycles. The maximum atomic E-state index is 13.1. The van der Waals surface area contributed by atoms with Gasteiger partial charge in [-0.2, -0.15) is 0 Å². The van der Waals surface area contributed by atoms with Crippen LogP contribution in [0.5, 0.6) is 11.6 Å². The molecule has 1 atom stereocenters. The fourth-order valence-corrected chi connectivity index (χ4v) is 2.82. The molecule has 2 aromatic carbocycles. The first-order valence-corrected chi connectivity index (χ1v) is 8.87. The summed E-state index contributed by atoms with van der Waals surface area (Å²) in [4.78, 5) is 17.3. The highest BCUT2D eigenvalue weighted by atomic mass is 16.5. The van der Waals surface area contributed by atoms with Crippen molar-refractivity contribution in [2.24, 2.45) is 0 Å². The van der Waals surface area contributed by atoms with Crippen LogP contribution in [-0.4, -0.2) is 25.1 Å². The van der Waals surface area contributed by atoms with E-state index in [9.17, 15) is 4.79 Å². The van der Waals surface area contributed by atoms with Crippen molar-refractivity contribution in [2.45, 2.75) is 13.0 Å². The number of pyridine rings is 1. The van der Waals surface area contributed by atoms with Crippen LogP contribution in [0, 0.1) is 6.92 Å².